The van der Waals surface area contributed by atoms with Crippen LogP contribution < -0.4 is 0 Å². The van der Waals surface area contributed by atoms with Gasteiger partial charge in [0.15, 0.2) is 0 Å². The Balaban J connectivity index is 2.55. The molecule has 0 amide bonds. The quantitative estimate of drug-likeness (QED) is 0.649. The van der Waals surface area contributed by atoms with Gasteiger partial charge in [0.25, 0.3) is 0 Å². The van der Waals surface area contributed by atoms with Crippen LogP contribution in [0.4, 0.5) is 4.39 Å². The van der Waals surface area contributed by atoms with E-state index in [2.05, 4.69) is 20.8 Å². The summed E-state index contributed by atoms with van der Waals surface area (Å²) in [6, 6.07) is 6.86. The molecule has 1 rings (SSSR count). The van der Waals surface area contributed by atoms with Gasteiger partial charge < -0.3 is 0 Å². The highest BCUT2D eigenvalue weighted by molar-refractivity contribution is 5.16. The third-order valence-electron chi connectivity index (χ3n) is 2.05. The first-order valence-electron chi connectivity index (χ1n) is 4.72. The van der Waals surface area contributed by atoms with Crippen LogP contribution in [0.2, 0.25) is 0 Å². The normalized spacial score (nSPS) is 11.7. The van der Waals surface area contributed by atoms with Gasteiger partial charge in [-0.05, 0) is 36.0 Å². The van der Waals surface area contributed by atoms with Gasteiger partial charge >= 0.3 is 0 Å². The second kappa shape index (κ2) is 3.91. The first kappa shape index (κ1) is 10.2. The lowest BCUT2D eigenvalue weighted by molar-refractivity contribution is 0.378. The molecule has 0 unspecified atom stereocenters. The molecule has 0 aliphatic heterocycles. The van der Waals surface area contributed by atoms with Crippen LogP contribution in [0.15, 0.2) is 24.3 Å². The highest BCUT2D eigenvalue weighted by atomic mass is 19.1. The average Bonchev–Trinajstić information content (AvgIpc) is 2.00. The Morgan fingerprint density at radius 1 is 1.23 bits per heavy atom. The van der Waals surface area contributed by atoms with E-state index >= 15 is 0 Å². The summed E-state index contributed by atoms with van der Waals surface area (Å²) in [5, 5.41) is 0. The third kappa shape index (κ3) is 4.07. The molecule has 13 heavy (non-hydrogen) atoms. The fraction of sp³-hybridized carbons (Fsp3) is 0.500. The van der Waals surface area contributed by atoms with Gasteiger partial charge in [0.05, 0.1) is 0 Å². The second-order valence-corrected chi connectivity index (χ2v) is 4.69. The lowest BCUT2D eigenvalue weighted by atomic mass is 9.89. The Hall–Kier alpha value is -0.850. The molecule has 0 N–H and O–H groups in total. The van der Waals surface area contributed by atoms with Crippen molar-refractivity contribution in [1.29, 1.82) is 0 Å². The zero-order valence-electron chi connectivity index (χ0n) is 8.60. The van der Waals surface area contributed by atoms with Crippen molar-refractivity contribution < 1.29 is 4.39 Å². The molecule has 0 saturated carbocycles. The zero-order valence-corrected chi connectivity index (χ0v) is 8.60. The molecule has 0 fully saturated rings. The number of hydrogen-bond acceptors (Lipinski definition) is 0. The fourth-order valence-electron chi connectivity index (χ4n) is 1.21. The van der Waals surface area contributed by atoms with Crippen LogP contribution in [0.25, 0.3) is 0 Å². The molecule has 0 nitrogen and oxygen atoms in total. The topological polar surface area (TPSA) is 0 Å². The summed E-state index contributed by atoms with van der Waals surface area (Å²) in [6.07, 6.45) is 2.05. The van der Waals surface area contributed by atoms with Crippen LogP contribution in [-0.2, 0) is 6.42 Å². The van der Waals surface area contributed by atoms with Gasteiger partial charge in [0.1, 0.15) is 5.82 Å². The summed E-state index contributed by atoms with van der Waals surface area (Å²) in [7, 11) is 0. The van der Waals surface area contributed by atoms with Crippen molar-refractivity contribution in [2.45, 2.75) is 33.6 Å². The number of benzene rings is 1. The molecule has 0 radical (unpaired) electrons. The molecule has 0 spiro atoms. The molecule has 0 aliphatic carbocycles. The highest BCUT2D eigenvalue weighted by Crippen LogP contribution is 2.21. The molecule has 0 aromatic heterocycles. The summed E-state index contributed by atoms with van der Waals surface area (Å²) >= 11 is 0. The first-order valence-corrected chi connectivity index (χ1v) is 4.72. The minimum atomic E-state index is -0.133. The maximum Gasteiger partial charge on any atom is 0.123 e. The van der Waals surface area contributed by atoms with Crippen LogP contribution in [-0.4, -0.2) is 0 Å². The van der Waals surface area contributed by atoms with Crippen LogP contribution in [0.5, 0.6) is 0 Å². The Kier molecular flexibility index (Phi) is 3.07. The lowest BCUT2D eigenvalue weighted by Gasteiger charge is -2.17. The van der Waals surface area contributed by atoms with Crippen molar-refractivity contribution in [3.8, 4) is 0 Å². The lowest BCUT2D eigenvalue weighted by Crippen LogP contribution is -2.06. The maximum atomic E-state index is 12.8. The summed E-state index contributed by atoms with van der Waals surface area (Å²) in [5.41, 5.74) is 1.42. The van der Waals surface area contributed by atoms with Crippen molar-refractivity contribution in [3.05, 3.63) is 35.6 Å². The predicted octanol–water partition coefficient (Wildman–Crippen LogP) is 3.80. The molecule has 0 saturated heterocycles. The monoisotopic (exact) mass is 180 g/mol. The van der Waals surface area contributed by atoms with Gasteiger partial charge in [0, 0.05) is 0 Å². The SMILES string of the molecule is CC(C)(C)CCc1cccc(F)c1. The standard InChI is InChI=1S/C12H17F/c1-12(2,3)8-7-10-5-4-6-11(13)9-10/h4-6,9H,7-8H2,1-3H3. The minimum absolute atomic E-state index is 0.133. The molecule has 0 aliphatic rings. The van der Waals surface area contributed by atoms with E-state index < -0.39 is 0 Å². The van der Waals surface area contributed by atoms with Crippen molar-refractivity contribution in [2.75, 3.05) is 0 Å². The van der Waals surface area contributed by atoms with Gasteiger partial charge in [-0.3, -0.25) is 0 Å². The van der Waals surface area contributed by atoms with Crippen LogP contribution in [0.1, 0.15) is 32.8 Å². The van der Waals surface area contributed by atoms with Crippen molar-refractivity contribution in [2.24, 2.45) is 5.41 Å². The van der Waals surface area contributed by atoms with Gasteiger partial charge in [-0.2, -0.15) is 0 Å². The van der Waals surface area contributed by atoms with E-state index in [9.17, 15) is 4.39 Å². The molecule has 1 aromatic carbocycles. The maximum absolute atomic E-state index is 12.8. The third-order valence-corrected chi connectivity index (χ3v) is 2.05. The molecule has 0 heterocycles. The van der Waals surface area contributed by atoms with Crippen LogP contribution in [0, 0.1) is 11.2 Å². The summed E-state index contributed by atoms with van der Waals surface area (Å²) < 4.78 is 12.8. The van der Waals surface area contributed by atoms with Crippen molar-refractivity contribution in [3.63, 3.8) is 0 Å². The van der Waals surface area contributed by atoms with Crippen molar-refractivity contribution >= 4 is 0 Å². The van der Waals surface area contributed by atoms with Gasteiger partial charge in [0.2, 0.25) is 0 Å². The van der Waals surface area contributed by atoms with E-state index in [-0.39, 0.29) is 5.82 Å². The van der Waals surface area contributed by atoms with E-state index in [0.29, 0.717) is 5.41 Å². The van der Waals surface area contributed by atoms with Gasteiger partial charge in [-0.15, -0.1) is 0 Å². The van der Waals surface area contributed by atoms with E-state index in [1.54, 1.807) is 12.1 Å². The minimum Gasteiger partial charge on any atom is -0.207 e. The number of hydrogen-bond donors (Lipinski definition) is 0. The molecule has 0 atom stereocenters. The molecule has 72 valence electrons. The Morgan fingerprint density at radius 3 is 2.46 bits per heavy atom. The highest BCUT2D eigenvalue weighted by Gasteiger charge is 2.09. The molecular weight excluding hydrogens is 163 g/mol. The molecular formula is C12H17F. The van der Waals surface area contributed by atoms with E-state index in [1.807, 2.05) is 6.07 Å². The largest absolute Gasteiger partial charge is 0.207 e. The predicted molar refractivity (Wildman–Crippen MR) is 54.2 cm³/mol. The van der Waals surface area contributed by atoms with E-state index in [4.69, 9.17) is 0 Å². The number of rotatable bonds is 2. The summed E-state index contributed by atoms with van der Waals surface area (Å²) in [6.45, 7) is 6.60. The zero-order chi connectivity index (χ0) is 9.90. The van der Waals surface area contributed by atoms with Crippen molar-refractivity contribution in [1.82, 2.24) is 0 Å². The molecule has 0 bridgehead atoms. The smallest absolute Gasteiger partial charge is 0.123 e. The Bertz CT molecular complexity index is 271. The summed E-state index contributed by atoms with van der Waals surface area (Å²) in [4.78, 5) is 0. The number of halogens is 1. The number of aryl methyl sites for hydroxylation is 1. The first-order chi connectivity index (χ1) is 5.97. The average molecular weight is 180 g/mol. The Labute approximate surface area is 79.8 Å². The summed E-state index contributed by atoms with van der Waals surface area (Å²) in [5.74, 6) is -0.133. The second-order valence-electron chi connectivity index (χ2n) is 4.69. The molecule has 1 aromatic rings. The van der Waals surface area contributed by atoms with E-state index in [0.717, 1.165) is 18.4 Å². The molecule has 1 heteroatoms. The van der Waals surface area contributed by atoms with Gasteiger partial charge in [-0.1, -0.05) is 32.9 Å². The van der Waals surface area contributed by atoms with Gasteiger partial charge in [-0.25, -0.2) is 4.39 Å². The Morgan fingerprint density at radius 2 is 1.92 bits per heavy atom. The van der Waals surface area contributed by atoms with E-state index in [1.165, 1.54) is 6.07 Å². The van der Waals surface area contributed by atoms with Crippen LogP contribution >= 0.6 is 0 Å². The van der Waals surface area contributed by atoms with Crippen LogP contribution in [0.3, 0.4) is 0 Å². The fourth-order valence-corrected chi connectivity index (χ4v) is 1.21.